The minimum Gasteiger partial charge on any atom is -0.497 e. The average molecular weight is 299 g/mol. The van der Waals surface area contributed by atoms with Gasteiger partial charge in [-0.3, -0.25) is 9.59 Å². The maximum Gasteiger partial charge on any atom is 0.225 e. The molecule has 0 fully saturated rings. The molecule has 116 valence electrons. The number of Topliss-reactive ketones (excluding diaryl/α,β-unsaturated/α-hetero) is 1. The van der Waals surface area contributed by atoms with Crippen LogP contribution in [0.5, 0.6) is 5.75 Å². The van der Waals surface area contributed by atoms with E-state index >= 15 is 0 Å². The van der Waals surface area contributed by atoms with Crippen molar-refractivity contribution in [2.45, 2.75) is 39.0 Å². The van der Waals surface area contributed by atoms with Crippen LogP contribution in [0.15, 0.2) is 35.5 Å². The molecule has 1 aliphatic heterocycles. The fraction of sp³-hybridized carbons (Fsp3) is 0.444. The predicted octanol–water partition coefficient (Wildman–Crippen LogP) is 2.94. The van der Waals surface area contributed by atoms with E-state index < -0.39 is 0 Å². The van der Waals surface area contributed by atoms with E-state index in [1.165, 1.54) is 0 Å². The molecule has 2 aliphatic rings. The second-order valence-electron chi connectivity index (χ2n) is 6.91. The summed E-state index contributed by atoms with van der Waals surface area (Å²) in [5.41, 5.74) is 2.46. The Morgan fingerprint density at radius 2 is 2.00 bits per heavy atom. The molecule has 0 unspecified atom stereocenters. The number of methoxy groups -OCH3 is 1. The SMILES string of the molecule is COc1cccc([C@H]2CC(=O)NC3=C2C(=O)CC(C)(C)C3)c1. The Bertz CT molecular complexity index is 673. The third-order valence-electron chi connectivity index (χ3n) is 4.44. The molecule has 1 aliphatic carbocycles. The van der Waals surface area contributed by atoms with Crippen LogP contribution in [0.3, 0.4) is 0 Å². The van der Waals surface area contributed by atoms with Crippen LogP contribution in [0.4, 0.5) is 0 Å². The Morgan fingerprint density at radius 3 is 2.73 bits per heavy atom. The van der Waals surface area contributed by atoms with Crippen LogP contribution < -0.4 is 10.1 Å². The van der Waals surface area contributed by atoms with Gasteiger partial charge in [0.2, 0.25) is 5.91 Å². The number of benzene rings is 1. The number of hydrogen-bond acceptors (Lipinski definition) is 3. The summed E-state index contributed by atoms with van der Waals surface area (Å²) in [4.78, 5) is 24.7. The molecule has 4 heteroatoms. The molecule has 0 radical (unpaired) electrons. The fourth-order valence-corrected chi connectivity index (χ4v) is 3.50. The third-order valence-corrected chi connectivity index (χ3v) is 4.44. The molecule has 0 aromatic heterocycles. The number of carbonyl (C=O) groups excluding carboxylic acids is 2. The molecule has 1 aromatic rings. The highest BCUT2D eigenvalue weighted by Gasteiger charge is 2.40. The normalized spacial score (nSPS) is 23.9. The lowest BCUT2D eigenvalue weighted by Crippen LogP contribution is -2.40. The minimum atomic E-state index is -0.164. The van der Waals surface area contributed by atoms with Crippen LogP contribution >= 0.6 is 0 Å². The van der Waals surface area contributed by atoms with E-state index in [1.54, 1.807) is 7.11 Å². The number of hydrogen-bond donors (Lipinski definition) is 1. The molecule has 1 heterocycles. The maximum absolute atomic E-state index is 12.6. The molecule has 4 nitrogen and oxygen atoms in total. The van der Waals surface area contributed by atoms with Crippen molar-refractivity contribution < 1.29 is 14.3 Å². The number of carbonyl (C=O) groups is 2. The number of ketones is 1. The second-order valence-corrected chi connectivity index (χ2v) is 6.91. The largest absolute Gasteiger partial charge is 0.497 e. The summed E-state index contributed by atoms with van der Waals surface area (Å²) in [5, 5.41) is 2.92. The molecular weight excluding hydrogens is 278 g/mol. The summed E-state index contributed by atoms with van der Waals surface area (Å²) in [7, 11) is 1.62. The van der Waals surface area contributed by atoms with Gasteiger partial charge in [0, 0.05) is 30.0 Å². The summed E-state index contributed by atoms with van der Waals surface area (Å²) >= 11 is 0. The topological polar surface area (TPSA) is 55.4 Å². The van der Waals surface area contributed by atoms with E-state index in [-0.39, 0.29) is 23.0 Å². The third kappa shape index (κ3) is 2.65. The lowest BCUT2D eigenvalue weighted by Gasteiger charge is -2.37. The lowest BCUT2D eigenvalue weighted by molar-refractivity contribution is -0.122. The quantitative estimate of drug-likeness (QED) is 0.913. The van der Waals surface area contributed by atoms with E-state index in [9.17, 15) is 9.59 Å². The highest BCUT2D eigenvalue weighted by Crippen LogP contribution is 2.44. The van der Waals surface area contributed by atoms with Gasteiger partial charge < -0.3 is 10.1 Å². The van der Waals surface area contributed by atoms with Crippen molar-refractivity contribution in [2.24, 2.45) is 5.41 Å². The molecule has 22 heavy (non-hydrogen) atoms. The Labute approximate surface area is 130 Å². The van der Waals surface area contributed by atoms with Crippen molar-refractivity contribution in [3.8, 4) is 5.75 Å². The average Bonchev–Trinajstić information content (AvgIpc) is 2.44. The monoisotopic (exact) mass is 299 g/mol. The molecule has 3 rings (SSSR count). The summed E-state index contributed by atoms with van der Waals surface area (Å²) in [6.45, 7) is 4.13. The first-order valence-electron chi connectivity index (χ1n) is 7.60. The molecule has 1 amide bonds. The lowest BCUT2D eigenvalue weighted by atomic mass is 9.70. The number of rotatable bonds is 2. The highest BCUT2D eigenvalue weighted by molar-refractivity contribution is 6.02. The van der Waals surface area contributed by atoms with Crippen molar-refractivity contribution >= 4 is 11.7 Å². The van der Waals surface area contributed by atoms with Crippen molar-refractivity contribution in [2.75, 3.05) is 7.11 Å². The van der Waals surface area contributed by atoms with E-state index in [4.69, 9.17) is 4.74 Å². The highest BCUT2D eigenvalue weighted by atomic mass is 16.5. The Morgan fingerprint density at radius 1 is 1.23 bits per heavy atom. The summed E-state index contributed by atoms with van der Waals surface area (Å²) in [6.07, 6.45) is 1.58. The van der Waals surface area contributed by atoms with Gasteiger partial charge in [-0.15, -0.1) is 0 Å². The first-order chi connectivity index (χ1) is 10.4. The first kappa shape index (κ1) is 14.8. The zero-order valence-corrected chi connectivity index (χ0v) is 13.2. The number of nitrogens with one attached hydrogen (secondary N) is 1. The number of amides is 1. The van der Waals surface area contributed by atoms with Crippen molar-refractivity contribution in [1.82, 2.24) is 5.32 Å². The molecule has 0 saturated heterocycles. The molecule has 0 bridgehead atoms. The van der Waals surface area contributed by atoms with E-state index in [1.807, 2.05) is 24.3 Å². The van der Waals surface area contributed by atoms with Crippen LogP contribution in [-0.4, -0.2) is 18.8 Å². The van der Waals surface area contributed by atoms with Gasteiger partial charge in [0.1, 0.15) is 5.75 Å². The standard InChI is InChI=1S/C18H21NO3/c1-18(2)9-14-17(15(20)10-18)13(8-16(21)19-14)11-5-4-6-12(7-11)22-3/h4-7,13H,8-10H2,1-3H3,(H,19,21)/t13-/m1/s1. The van der Waals surface area contributed by atoms with Crippen LogP contribution in [-0.2, 0) is 9.59 Å². The smallest absolute Gasteiger partial charge is 0.225 e. The Balaban J connectivity index is 2.06. The van der Waals surface area contributed by atoms with Crippen LogP contribution in [0.25, 0.3) is 0 Å². The second kappa shape index (κ2) is 5.27. The summed E-state index contributed by atoms with van der Waals surface area (Å²) < 4.78 is 5.27. The van der Waals surface area contributed by atoms with Crippen LogP contribution in [0, 0.1) is 5.41 Å². The maximum atomic E-state index is 12.6. The van der Waals surface area contributed by atoms with Gasteiger partial charge in [0.15, 0.2) is 5.78 Å². The Hall–Kier alpha value is -2.10. The van der Waals surface area contributed by atoms with Gasteiger partial charge >= 0.3 is 0 Å². The fourth-order valence-electron chi connectivity index (χ4n) is 3.50. The van der Waals surface area contributed by atoms with Gasteiger partial charge in [0.05, 0.1) is 7.11 Å². The minimum absolute atomic E-state index is 0.0166. The van der Waals surface area contributed by atoms with Crippen molar-refractivity contribution in [1.29, 1.82) is 0 Å². The van der Waals surface area contributed by atoms with Gasteiger partial charge in [-0.1, -0.05) is 26.0 Å². The van der Waals surface area contributed by atoms with E-state index in [0.717, 1.165) is 29.0 Å². The number of ether oxygens (including phenoxy) is 1. The van der Waals surface area contributed by atoms with Gasteiger partial charge in [-0.2, -0.15) is 0 Å². The van der Waals surface area contributed by atoms with Crippen molar-refractivity contribution in [3.05, 3.63) is 41.1 Å². The molecule has 0 spiro atoms. The molecule has 0 saturated carbocycles. The van der Waals surface area contributed by atoms with E-state index in [0.29, 0.717) is 12.8 Å². The summed E-state index contributed by atoms with van der Waals surface area (Å²) in [5.74, 6) is 0.716. The van der Waals surface area contributed by atoms with Gasteiger partial charge in [-0.25, -0.2) is 0 Å². The van der Waals surface area contributed by atoms with Gasteiger partial charge in [0.25, 0.3) is 0 Å². The van der Waals surface area contributed by atoms with Crippen molar-refractivity contribution in [3.63, 3.8) is 0 Å². The zero-order valence-electron chi connectivity index (χ0n) is 13.2. The van der Waals surface area contributed by atoms with E-state index in [2.05, 4.69) is 19.2 Å². The summed E-state index contributed by atoms with van der Waals surface area (Å²) in [6, 6.07) is 7.65. The molecule has 1 aromatic carbocycles. The van der Waals surface area contributed by atoms with Crippen LogP contribution in [0.1, 0.15) is 44.6 Å². The predicted molar refractivity (Wildman–Crippen MR) is 83.5 cm³/mol. The molecule has 1 N–H and O–H groups in total. The Kier molecular flexibility index (Phi) is 3.55. The van der Waals surface area contributed by atoms with Crippen LogP contribution in [0.2, 0.25) is 0 Å². The zero-order chi connectivity index (χ0) is 15.9. The molecule has 1 atom stereocenters. The molecular formula is C18H21NO3. The first-order valence-corrected chi connectivity index (χ1v) is 7.60. The number of allylic oxidation sites excluding steroid dienone is 2. The van der Waals surface area contributed by atoms with Gasteiger partial charge in [-0.05, 0) is 29.5 Å².